The highest BCUT2D eigenvalue weighted by Gasteiger charge is 2.05. The minimum atomic E-state index is -0.220. The van der Waals surface area contributed by atoms with E-state index in [1.807, 2.05) is 30.3 Å². The third kappa shape index (κ3) is 2.49. The van der Waals surface area contributed by atoms with Crippen molar-refractivity contribution in [1.82, 2.24) is 0 Å². The van der Waals surface area contributed by atoms with E-state index in [-0.39, 0.29) is 5.82 Å². The van der Waals surface area contributed by atoms with E-state index in [2.05, 4.69) is 12.5 Å². The normalized spacial score (nSPS) is 9.78. The van der Waals surface area contributed by atoms with Crippen LogP contribution in [0.3, 0.4) is 0 Å². The molecule has 2 aromatic carbocycles. The largest absolute Gasteiger partial charge is 0.206 e. The van der Waals surface area contributed by atoms with E-state index >= 15 is 0 Å². The lowest BCUT2D eigenvalue weighted by Gasteiger charge is -2.05. The van der Waals surface area contributed by atoms with Crippen LogP contribution in [0.15, 0.2) is 55.1 Å². The minimum absolute atomic E-state index is 0.220. The molecule has 0 N–H and O–H groups in total. The molecule has 1 heteroatoms. The average molecular weight is 236 g/mol. The highest BCUT2D eigenvalue weighted by molar-refractivity contribution is 5.65. The molecular weight excluding hydrogens is 223 g/mol. The van der Waals surface area contributed by atoms with Gasteiger partial charge in [0, 0.05) is 11.1 Å². The molecule has 0 saturated heterocycles. The summed E-state index contributed by atoms with van der Waals surface area (Å²) in [5, 5.41) is 0. The van der Waals surface area contributed by atoms with Gasteiger partial charge in [0.05, 0.1) is 0 Å². The Balaban J connectivity index is 2.38. The predicted molar refractivity (Wildman–Crippen MR) is 73.7 cm³/mol. The summed E-state index contributed by atoms with van der Waals surface area (Å²) in [6, 6.07) is 12.5. The van der Waals surface area contributed by atoms with Crippen molar-refractivity contribution in [1.29, 1.82) is 0 Å². The van der Waals surface area contributed by atoms with Crippen LogP contribution in [-0.2, 0) is 6.42 Å². The minimum Gasteiger partial charge on any atom is -0.206 e. The Hall–Kier alpha value is -2.33. The first-order chi connectivity index (χ1) is 8.74. The standard InChI is InChI=1S/C17H13F/c1-3-5-14-8-11-16(17(18)12-14)15-9-6-13(4-2)7-10-15/h2-3,6-12H,1,5H2. The molecule has 0 saturated carbocycles. The van der Waals surface area contributed by atoms with Crippen LogP contribution in [0, 0.1) is 18.2 Å². The SMILES string of the molecule is C#Cc1ccc(-c2ccc(CC=C)cc2F)cc1. The molecule has 0 heterocycles. The highest BCUT2D eigenvalue weighted by atomic mass is 19.1. The van der Waals surface area contributed by atoms with Crippen molar-refractivity contribution in [2.45, 2.75) is 6.42 Å². The predicted octanol–water partition coefficient (Wildman–Crippen LogP) is 4.20. The first-order valence-electron chi connectivity index (χ1n) is 5.71. The Morgan fingerprint density at radius 2 is 1.89 bits per heavy atom. The molecule has 0 nitrogen and oxygen atoms in total. The van der Waals surface area contributed by atoms with Gasteiger partial charge < -0.3 is 0 Å². The van der Waals surface area contributed by atoms with Gasteiger partial charge in [0.2, 0.25) is 0 Å². The molecule has 0 aliphatic carbocycles. The fourth-order valence-electron chi connectivity index (χ4n) is 1.83. The van der Waals surface area contributed by atoms with Crippen molar-refractivity contribution in [2.75, 3.05) is 0 Å². The smallest absolute Gasteiger partial charge is 0.131 e. The van der Waals surface area contributed by atoms with Crippen molar-refractivity contribution in [3.05, 3.63) is 72.1 Å². The topological polar surface area (TPSA) is 0 Å². The van der Waals surface area contributed by atoms with Crippen molar-refractivity contribution < 1.29 is 4.39 Å². The van der Waals surface area contributed by atoms with Crippen LogP contribution in [0.2, 0.25) is 0 Å². The molecule has 0 fully saturated rings. The Bertz CT molecular complexity index is 600. The Morgan fingerprint density at radius 1 is 1.17 bits per heavy atom. The molecular formula is C17H13F. The second-order valence-electron chi connectivity index (χ2n) is 4.03. The first-order valence-corrected chi connectivity index (χ1v) is 5.71. The number of hydrogen-bond acceptors (Lipinski definition) is 0. The molecule has 0 aromatic heterocycles. The summed E-state index contributed by atoms with van der Waals surface area (Å²) >= 11 is 0. The van der Waals surface area contributed by atoms with E-state index in [0.717, 1.165) is 16.7 Å². The lowest BCUT2D eigenvalue weighted by molar-refractivity contribution is 0.629. The second kappa shape index (κ2) is 5.33. The number of rotatable bonds is 3. The van der Waals surface area contributed by atoms with Gasteiger partial charge in [-0.25, -0.2) is 4.39 Å². The number of hydrogen-bond donors (Lipinski definition) is 0. The van der Waals surface area contributed by atoms with Gasteiger partial charge >= 0.3 is 0 Å². The molecule has 0 bridgehead atoms. The van der Waals surface area contributed by atoms with Gasteiger partial charge in [0.25, 0.3) is 0 Å². The third-order valence-electron chi connectivity index (χ3n) is 2.78. The van der Waals surface area contributed by atoms with Gasteiger partial charge in [0.15, 0.2) is 0 Å². The molecule has 0 radical (unpaired) electrons. The van der Waals surface area contributed by atoms with Crippen molar-refractivity contribution in [3.63, 3.8) is 0 Å². The number of halogens is 1. The van der Waals surface area contributed by atoms with Crippen LogP contribution in [0.4, 0.5) is 4.39 Å². The summed E-state index contributed by atoms with van der Waals surface area (Å²) in [4.78, 5) is 0. The van der Waals surface area contributed by atoms with E-state index in [9.17, 15) is 4.39 Å². The monoisotopic (exact) mass is 236 g/mol. The Morgan fingerprint density at radius 3 is 2.44 bits per heavy atom. The molecule has 0 amide bonds. The molecule has 0 spiro atoms. The van der Waals surface area contributed by atoms with Crippen molar-refractivity contribution >= 4 is 0 Å². The van der Waals surface area contributed by atoms with Crippen LogP contribution < -0.4 is 0 Å². The van der Waals surface area contributed by atoms with E-state index < -0.39 is 0 Å². The van der Waals surface area contributed by atoms with Gasteiger partial charge in [-0.05, 0) is 35.7 Å². The Kier molecular flexibility index (Phi) is 3.60. The second-order valence-corrected chi connectivity index (χ2v) is 4.03. The molecule has 0 atom stereocenters. The number of terminal acetylenes is 1. The summed E-state index contributed by atoms with van der Waals surface area (Å²) in [5.74, 6) is 2.32. The maximum absolute atomic E-state index is 14.0. The van der Waals surface area contributed by atoms with Crippen LogP contribution >= 0.6 is 0 Å². The zero-order chi connectivity index (χ0) is 13.0. The lowest BCUT2D eigenvalue weighted by atomic mass is 10.0. The average Bonchev–Trinajstić information content (AvgIpc) is 2.40. The zero-order valence-electron chi connectivity index (χ0n) is 9.99. The van der Waals surface area contributed by atoms with Crippen molar-refractivity contribution in [2.24, 2.45) is 0 Å². The van der Waals surface area contributed by atoms with Crippen LogP contribution in [0.1, 0.15) is 11.1 Å². The number of allylic oxidation sites excluding steroid dienone is 1. The Labute approximate surface area is 107 Å². The van der Waals surface area contributed by atoms with E-state index in [1.165, 1.54) is 0 Å². The van der Waals surface area contributed by atoms with E-state index in [4.69, 9.17) is 6.42 Å². The fraction of sp³-hybridized carbons (Fsp3) is 0.0588. The summed E-state index contributed by atoms with van der Waals surface area (Å²) < 4.78 is 14.0. The quantitative estimate of drug-likeness (QED) is 0.553. The highest BCUT2D eigenvalue weighted by Crippen LogP contribution is 2.24. The van der Waals surface area contributed by atoms with E-state index in [1.54, 1.807) is 18.2 Å². The van der Waals surface area contributed by atoms with Crippen LogP contribution in [0.25, 0.3) is 11.1 Å². The van der Waals surface area contributed by atoms with Gasteiger partial charge in [-0.3, -0.25) is 0 Å². The first kappa shape index (κ1) is 12.1. The molecule has 0 unspecified atom stereocenters. The van der Waals surface area contributed by atoms with Crippen molar-refractivity contribution in [3.8, 4) is 23.5 Å². The molecule has 0 aliphatic heterocycles. The molecule has 88 valence electrons. The summed E-state index contributed by atoms with van der Waals surface area (Å²) in [6.45, 7) is 3.64. The van der Waals surface area contributed by atoms with Gasteiger partial charge in [-0.15, -0.1) is 13.0 Å². The fourth-order valence-corrected chi connectivity index (χ4v) is 1.83. The van der Waals surface area contributed by atoms with Gasteiger partial charge in [0.1, 0.15) is 5.82 Å². The van der Waals surface area contributed by atoms with Gasteiger partial charge in [-0.1, -0.05) is 36.3 Å². The maximum atomic E-state index is 14.0. The molecule has 0 aliphatic rings. The summed E-state index contributed by atoms with van der Waals surface area (Å²) in [6.07, 6.45) is 7.72. The summed E-state index contributed by atoms with van der Waals surface area (Å²) in [7, 11) is 0. The molecule has 2 rings (SSSR count). The maximum Gasteiger partial charge on any atom is 0.131 e. The zero-order valence-corrected chi connectivity index (χ0v) is 9.99. The van der Waals surface area contributed by atoms with Gasteiger partial charge in [-0.2, -0.15) is 0 Å². The van der Waals surface area contributed by atoms with Crippen LogP contribution in [-0.4, -0.2) is 0 Å². The van der Waals surface area contributed by atoms with E-state index in [0.29, 0.717) is 12.0 Å². The summed E-state index contributed by atoms with van der Waals surface area (Å²) in [5.41, 5.74) is 3.14. The number of benzene rings is 2. The molecule has 18 heavy (non-hydrogen) atoms. The lowest BCUT2D eigenvalue weighted by Crippen LogP contribution is -1.88. The molecule has 2 aromatic rings. The van der Waals surface area contributed by atoms with Crippen LogP contribution in [0.5, 0.6) is 0 Å². The third-order valence-corrected chi connectivity index (χ3v) is 2.78.